The number of carbonyl (C=O) groups excluding carboxylic acids is 3. The molecule has 0 spiro atoms. The van der Waals surface area contributed by atoms with Gasteiger partial charge in [0.1, 0.15) is 6.04 Å². The highest BCUT2D eigenvalue weighted by Crippen LogP contribution is 2.13. The van der Waals surface area contributed by atoms with Crippen LogP contribution in [-0.2, 0) is 14.3 Å². The van der Waals surface area contributed by atoms with Gasteiger partial charge in [-0.05, 0) is 24.8 Å². The number of ether oxygens (including phenoxy) is 1. The first kappa shape index (κ1) is 24.1. The lowest BCUT2D eigenvalue weighted by Gasteiger charge is -2.26. The first-order valence-electron chi connectivity index (χ1n) is 9.51. The van der Waals surface area contributed by atoms with E-state index in [1.807, 2.05) is 27.7 Å². The van der Waals surface area contributed by atoms with Gasteiger partial charge in [-0.25, -0.2) is 4.79 Å². The van der Waals surface area contributed by atoms with Crippen LogP contribution >= 0.6 is 0 Å². The number of amides is 2. The number of hydrogen-bond donors (Lipinski definition) is 1. The van der Waals surface area contributed by atoms with Gasteiger partial charge in [0.2, 0.25) is 0 Å². The van der Waals surface area contributed by atoms with Crippen molar-refractivity contribution in [3.05, 3.63) is 39.9 Å². The number of nitrogens with one attached hydrogen (secondary N) is 1. The predicted octanol–water partition coefficient (Wildman–Crippen LogP) is 2.40. The van der Waals surface area contributed by atoms with Crippen molar-refractivity contribution < 1.29 is 24.0 Å². The molecule has 1 aromatic carbocycles. The second kappa shape index (κ2) is 11.1. The van der Waals surface area contributed by atoms with Gasteiger partial charge in [0.25, 0.3) is 17.5 Å². The molecule has 0 radical (unpaired) electrons. The molecule has 160 valence electrons. The molecule has 1 N–H and O–H groups in total. The number of hydrogen-bond acceptors (Lipinski definition) is 6. The molecule has 9 heteroatoms. The molecule has 0 heterocycles. The summed E-state index contributed by atoms with van der Waals surface area (Å²) >= 11 is 0. The molecule has 0 aromatic heterocycles. The van der Waals surface area contributed by atoms with E-state index in [0.29, 0.717) is 13.1 Å². The average Bonchev–Trinajstić information content (AvgIpc) is 2.64. The molecular weight excluding hydrogens is 378 g/mol. The SMILES string of the molecule is CC(C)CN(CC(C)C)C(=O)COC(=O)C(C)NC(=O)c1cccc([N+](=O)[O-])c1. The summed E-state index contributed by atoms with van der Waals surface area (Å²) in [4.78, 5) is 48.6. The number of rotatable bonds is 10. The Kier molecular flexibility index (Phi) is 9.24. The zero-order valence-corrected chi connectivity index (χ0v) is 17.5. The van der Waals surface area contributed by atoms with Gasteiger partial charge in [-0.2, -0.15) is 0 Å². The van der Waals surface area contributed by atoms with Crippen LogP contribution < -0.4 is 5.32 Å². The van der Waals surface area contributed by atoms with Gasteiger partial charge in [-0.1, -0.05) is 33.8 Å². The monoisotopic (exact) mass is 407 g/mol. The lowest BCUT2D eigenvalue weighted by molar-refractivity contribution is -0.384. The number of benzene rings is 1. The van der Waals surface area contributed by atoms with Crippen molar-refractivity contribution in [2.75, 3.05) is 19.7 Å². The molecule has 1 aromatic rings. The molecule has 0 bridgehead atoms. The molecule has 29 heavy (non-hydrogen) atoms. The first-order chi connectivity index (χ1) is 13.5. The summed E-state index contributed by atoms with van der Waals surface area (Å²) in [5.41, 5.74) is -0.177. The maximum absolute atomic E-state index is 12.4. The van der Waals surface area contributed by atoms with Crippen molar-refractivity contribution in [2.24, 2.45) is 11.8 Å². The van der Waals surface area contributed by atoms with Gasteiger partial charge >= 0.3 is 5.97 Å². The standard InChI is InChI=1S/C20H29N3O6/c1-13(2)10-22(11-14(3)4)18(24)12-29-20(26)15(5)21-19(25)16-7-6-8-17(9-16)23(27)28/h6-9,13-15H,10-12H2,1-5H3,(H,21,25). The molecule has 1 atom stereocenters. The third-order valence-corrected chi connectivity index (χ3v) is 3.88. The van der Waals surface area contributed by atoms with Crippen LogP contribution in [0.3, 0.4) is 0 Å². The predicted molar refractivity (Wildman–Crippen MR) is 107 cm³/mol. The second-order valence-corrected chi connectivity index (χ2v) is 7.70. The van der Waals surface area contributed by atoms with Crippen molar-refractivity contribution in [2.45, 2.75) is 40.7 Å². The summed E-state index contributed by atoms with van der Waals surface area (Å²) in [6.07, 6.45) is 0. The van der Waals surface area contributed by atoms with Crippen LogP contribution in [0.5, 0.6) is 0 Å². The molecule has 0 fully saturated rings. The summed E-state index contributed by atoms with van der Waals surface area (Å²) in [5, 5.41) is 13.2. The van der Waals surface area contributed by atoms with Crippen LogP contribution in [0.25, 0.3) is 0 Å². The van der Waals surface area contributed by atoms with Gasteiger partial charge in [0, 0.05) is 30.8 Å². The Bertz CT molecular complexity index is 737. The Balaban J connectivity index is 2.62. The number of nitro benzene ring substituents is 1. The van der Waals surface area contributed by atoms with Gasteiger partial charge in [-0.15, -0.1) is 0 Å². The van der Waals surface area contributed by atoms with Crippen molar-refractivity contribution in [1.82, 2.24) is 10.2 Å². The Morgan fingerprint density at radius 2 is 1.69 bits per heavy atom. The molecule has 1 rings (SSSR count). The summed E-state index contributed by atoms with van der Waals surface area (Å²) in [6, 6.07) is 4.15. The maximum Gasteiger partial charge on any atom is 0.328 e. The average molecular weight is 407 g/mol. The quantitative estimate of drug-likeness (QED) is 0.361. The number of nitrogens with zero attached hydrogens (tertiary/aromatic N) is 2. The van der Waals surface area contributed by atoms with E-state index in [0.717, 1.165) is 6.07 Å². The highest BCUT2D eigenvalue weighted by molar-refractivity contribution is 5.97. The number of carbonyl (C=O) groups is 3. The fourth-order valence-electron chi connectivity index (χ4n) is 2.61. The molecule has 1 unspecified atom stereocenters. The Hall–Kier alpha value is -2.97. The molecule has 0 aliphatic carbocycles. The van der Waals surface area contributed by atoms with E-state index in [-0.39, 0.29) is 29.0 Å². The fourth-order valence-corrected chi connectivity index (χ4v) is 2.61. The summed E-state index contributed by atoms with van der Waals surface area (Å²) in [6.45, 7) is 10.1. The molecule has 0 aliphatic rings. The number of nitro groups is 1. The summed E-state index contributed by atoms with van der Waals surface area (Å²) in [5.74, 6) is -1.14. The maximum atomic E-state index is 12.4. The summed E-state index contributed by atoms with van der Waals surface area (Å²) in [7, 11) is 0. The third kappa shape index (κ3) is 8.28. The molecule has 2 amide bonds. The zero-order chi connectivity index (χ0) is 22.1. The van der Waals surface area contributed by atoms with Crippen LogP contribution in [0, 0.1) is 22.0 Å². The van der Waals surface area contributed by atoms with E-state index < -0.39 is 29.4 Å². The van der Waals surface area contributed by atoms with Crippen LogP contribution in [0.15, 0.2) is 24.3 Å². The topological polar surface area (TPSA) is 119 Å². The van der Waals surface area contributed by atoms with Gasteiger partial charge in [-0.3, -0.25) is 19.7 Å². The van der Waals surface area contributed by atoms with Gasteiger partial charge in [0.05, 0.1) is 4.92 Å². The molecule has 0 saturated heterocycles. The molecule has 0 saturated carbocycles. The number of esters is 1. The van der Waals surface area contributed by atoms with Crippen molar-refractivity contribution in [3.63, 3.8) is 0 Å². The zero-order valence-electron chi connectivity index (χ0n) is 17.5. The van der Waals surface area contributed by atoms with E-state index in [4.69, 9.17) is 4.74 Å². The van der Waals surface area contributed by atoms with Crippen molar-refractivity contribution in [1.29, 1.82) is 0 Å². The van der Waals surface area contributed by atoms with Crippen LogP contribution in [0.1, 0.15) is 45.0 Å². The lowest BCUT2D eigenvalue weighted by atomic mass is 10.1. The minimum Gasteiger partial charge on any atom is -0.454 e. The fraction of sp³-hybridized carbons (Fsp3) is 0.550. The van der Waals surface area contributed by atoms with Crippen molar-refractivity contribution >= 4 is 23.5 Å². The van der Waals surface area contributed by atoms with E-state index >= 15 is 0 Å². The Morgan fingerprint density at radius 3 is 2.21 bits per heavy atom. The second-order valence-electron chi connectivity index (χ2n) is 7.70. The largest absolute Gasteiger partial charge is 0.454 e. The van der Waals surface area contributed by atoms with E-state index in [1.54, 1.807) is 4.90 Å². The van der Waals surface area contributed by atoms with Crippen molar-refractivity contribution in [3.8, 4) is 0 Å². The minimum atomic E-state index is -1.02. The summed E-state index contributed by atoms with van der Waals surface area (Å²) < 4.78 is 5.06. The van der Waals surface area contributed by atoms with Crippen LogP contribution in [-0.4, -0.2) is 53.3 Å². The van der Waals surface area contributed by atoms with Gasteiger partial charge < -0.3 is 15.0 Å². The van der Waals surface area contributed by atoms with Crippen LogP contribution in [0.4, 0.5) is 5.69 Å². The number of non-ortho nitro benzene ring substituents is 1. The normalized spacial score (nSPS) is 11.8. The highest BCUT2D eigenvalue weighted by Gasteiger charge is 2.22. The van der Waals surface area contributed by atoms with E-state index in [1.165, 1.54) is 25.1 Å². The molecule has 9 nitrogen and oxygen atoms in total. The van der Waals surface area contributed by atoms with E-state index in [9.17, 15) is 24.5 Å². The van der Waals surface area contributed by atoms with E-state index in [2.05, 4.69) is 5.32 Å². The lowest BCUT2D eigenvalue weighted by Crippen LogP contribution is -2.43. The Labute approximate surface area is 170 Å². The third-order valence-electron chi connectivity index (χ3n) is 3.88. The minimum absolute atomic E-state index is 0.0509. The highest BCUT2D eigenvalue weighted by atomic mass is 16.6. The molecule has 0 aliphatic heterocycles. The smallest absolute Gasteiger partial charge is 0.328 e. The first-order valence-corrected chi connectivity index (χ1v) is 9.51. The van der Waals surface area contributed by atoms with Crippen LogP contribution in [0.2, 0.25) is 0 Å². The van der Waals surface area contributed by atoms with Gasteiger partial charge in [0.15, 0.2) is 6.61 Å². The molecular formula is C20H29N3O6. The Morgan fingerprint density at radius 1 is 1.10 bits per heavy atom.